The first-order chi connectivity index (χ1) is 14.5. The zero-order chi connectivity index (χ0) is 21.1. The van der Waals surface area contributed by atoms with Crippen molar-refractivity contribution in [2.45, 2.75) is 26.4 Å². The van der Waals surface area contributed by atoms with Crippen LogP contribution in [-0.2, 0) is 18.1 Å². The standard InChI is InChI=1S/C23H22ClN3O3/c1-15-3-5-16(6-4-15)13-30-19-9-7-17(8-10-19)21(28)23-26-22-20(27(23)14-29-2)11-18(24)12-25-22/h3-12,21,28H,13-14H2,1-2H3. The van der Waals surface area contributed by atoms with Gasteiger partial charge >= 0.3 is 0 Å². The summed E-state index contributed by atoms with van der Waals surface area (Å²) in [5, 5.41) is 11.5. The number of nitrogens with zero attached hydrogens (tertiary/aromatic N) is 3. The molecule has 0 aliphatic carbocycles. The molecule has 1 N–H and O–H groups in total. The van der Waals surface area contributed by atoms with Crippen molar-refractivity contribution in [3.05, 3.63) is 88.3 Å². The lowest BCUT2D eigenvalue weighted by Crippen LogP contribution is -2.11. The molecule has 4 aromatic rings. The molecular formula is C23H22ClN3O3. The van der Waals surface area contributed by atoms with Crippen molar-refractivity contribution in [2.75, 3.05) is 7.11 Å². The number of rotatable bonds is 7. The number of hydrogen-bond acceptors (Lipinski definition) is 5. The van der Waals surface area contributed by atoms with E-state index in [0.717, 1.165) is 11.3 Å². The maximum absolute atomic E-state index is 11.0. The molecule has 0 aliphatic heterocycles. The van der Waals surface area contributed by atoms with Gasteiger partial charge in [-0.05, 0) is 36.2 Å². The van der Waals surface area contributed by atoms with Gasteiger partial charge in [0.05, 0.1) is 10.5 Å². The van der Waals surface area contributed by atoms with Crippen LogP contribution in [0, 0.1) is 6.92 Å². The predicted molar refractivity (Wildman–Crippen MR) is 116 cm³/mol. The summed E-state index contributed by atoms with van der Waals surface area (Å²) in [5.74, 6) is 1.17. The summed E-state index contributed by atoms with van der Waals surface area (Å²) < 4.78 is 12.9. The Morgan fingerprint density at radius 3 is 2.53 bits per heavy atom. The Balaban J connectivity index is 1.54. The highest BCUT2D eigenvalue weighted by atomic mass is 35.5. The van der Waals surface area contributed by atoms with Crippen molar-refractivity contribution >= 4 is 22.8 Å². The van der Waals surface area contributed by atoms with Gasteiger partial charge in [0.15, 0.2) is 5.65 Å². The highest BCUT2D eigenvalue weighted by Gasteiger charge is 2.21. The number of aryl methyl sites for hydroxylation is 1. The van der Waals surface area contributed by atoms with Crippen molar-refractivity contribution in [1.29, 1.82) is 0 Å². The third-order valence-electron chi connectivity index (χ3n) is 4.83. The second-order valence-corrected chi connectivity index (χ2v) is 7.49. The number of benzene rings is 2. The monoisotopic (exact) mass is 423 g/mol. The number of fused-ring (bicyclic) bond motifs is 1. The molecule has 2 aromatic carbocycles. The van der Waals surface area contributed by atoms with E-state index in [1.165, 1.54) is 11.8 Å². The van der Waals surface area contributed by atoms with Gasteiger partial charge in [-0.15, -0.1) is 0 Å². The molecular weight excluding hydrogens is 402 g/mol. The highest BCUT2D eigenvalue weighted by molar-refractivity contribution is 6.31. The molecule has 4 rings (SSSR count). The number of halogens is 1. The summed E-state index contributed by atoms with van der Waals surface area (Å²) in [6.07, 6.45) is 0.587. The molecule has 2 heterocycles. The number of aliphatic hydroxyl groups is 1. The summed E-state index contributed by atoms with van der Waals surface area (Å²) in [6.45, 7) is 2.77. The molecule has 2 aromatic heterocycles. The summed E-state index contributed by atoms with van der Waals surface area (Å²) >= 11 is 6.07. The summed E-state index contributed by atoms with van der Waals surface area (Å²) in [6, 6.07) is 17.3. The zero-order valence-electron chi connectivity index (χ0n) is 16.7. The van der Waals surface area contributed by atoms with Crippen LogP contribution in [0.4, 0.5) is 0 Å². The van der Waals surface area contributed by atoms with E-state index in [2.05, 4.69) is 29.0 Å². The smallest absolute Gasteiger partial charge is 0.178 e. The normalized spacial score (nSPS) is 12.3. The highest BCUT2D eigenvalue weighted by Crippen LogP contribution is 2.27. The van der Waals surface area contributed by atoms with Gasteiger partial charge < -0.3 is 14.6 Å². The van der Waals surface area contributed by atoms with Gasteiger partial charge in [0.2, 0.25) is 0 Å². The first-order valence-electron chi connectivity index (χ1n) is 9.52. The van der Waals surface area contributed by atoms with Crippen LogP contribution in [-0.4, -0.2) is 26.8 Å². The average Bonchev–Trinajstić information content (AvgIpc) is 3.11. The lowest BCUT2D eigenvalue weighted by molar-refractivity contribution is 0.120. The Morgan fingerprint density at radius 1 is 1.10 bits per heavy atom. The number of aliphatic hydroxyl groups excluding tert-OH is 1. The number of ether oxygens (including phenoxy) is 2. The van der Waals surface area contributed by atoms with Crippen molar-refractivity contribution < 1.29 is 14.6 Å². The van der Waals surface area contributed by atoms with Crippen molar-refractivity contribution in [3.8, 4) is 5.75 Å². The van der Waals surface area contributed by atoms with Crippen molar-refractivity contribution in [1.82, 2.24) is 14.5 Å². The van der Waals surface area contributed by atoms with Gasteiger partial charge in [0, 0.05) is 13.3 Å². The molecule has 0 saturated heterocycles. The Labute approximate surface area is 179 Å². The Kier molecular flexibility index (Phi) is 5.99. The number of pyridine rings is 1. The quantitative estimate of drug-likeness (QED) is 0.468. The molecule has 30 heavy (non-hydrogen) atoms. The molecule has 0 spiro atoms. The average molecular weight is 424 g/mol. The van der Waals surface area contributed by atoms with Gasteiger partial charge in [-0.25, -0.2) is 9.97 Å². The van der Waals surface area contributed by atoms with Gasteiger partial charge in [-0.1, -0.05) is 53.6 Å². The Morgan fingerprint density at radius 2 is 1.83 bits per heavy atom. The molecule has 7 heteroatoms. The van der Waals surface area contributed by atoms with E-state index in [1.54, 1.807) is 17.7 Å². The van der Waals surface area contributed by atoms with E-state index < -0.39 is 6.10 Å². The van der Waals surface area contributed by atoms with Crippen LogP contribution < -0.4 is 4.74 Å². The van der Waals surface area contributed by atoms with Crippen LogP contribution in [0.1, 0.15) is 28.6 Å². The maximum Gasteiger partial charge on any atom is 0.178 e. The van der Waals surface area contributed by atoms with Crippen molar-refractivity contribution in [3.63, 3.8) is 0 Å². The zero-order valence-corrected chi connectivity index (χ0v) is 17.5. The van der Waals surface area contributed by atoms with Crippen LogP contribution >= 0.6 is 11.6 Å². The molecule has 0 bridgehead atoms. The SMILES string of the molecule is COCn1c(C(O)c2ccc(OCc3ccc(C)cc3)cc2)nc2ncc(Cl)cc21. The Bertz CT molecular complexity index is 1140. The minimum absolute atomic E-state index is 0.225. The molecule has 0 saturated carbocycles. The summed E-state index contributed by atoms with van der Waals surface area (Å²) in [7, 11) is 1.58. The van der Waals surface area contributed by atoms with Gasteiger partial charge in [0.25, 0.3) is 0 Å². The van der Waals surface area contributed by atoms with E-state index in [-0.39, 0.29) is 6.73 Å². The van der Waals surface area contributed by atoms with Gasteiger partial charge in [-0.3, -0.25) is 4.57 Å². The van der Waals surface area contributed by atoms with Crippen LogP contribution in [0.15, 0.2) is 60.8 Å². The largest absolute Gasteiger partial charge is 0.489 e. The van der Waals surface area contributed by atoms with Crippen LogP contribution in [0.5, 0.6) is 5.75 Å². The third-order valence-corrected chi connectivity index (χ3v) is 5.03. The molecule has 6 nitrogen and oxygen atoms in total. The second-order valence-electron chi connectivity index (χ2n) is 7.06. The van der Waals surface area contributed by atoms with Gasteiger partial charge in [0.1, 0.15) is 31.0 Å². The van der Waals surface area contributed by atoms with Gasteiger partial charge in [-0.2, -0.15) is 0 Å². The van der Waals surface area contributed by atoms with Crippen molar-refractivity contribution in [2.24, 2.45) is 0 Å². The van der Waals surface area contributed by atoms with E-state index >= 15 is 0 Å². The maximum atomic E-state index is 11.0. The molecule has 0 radical (unpaired) electrons. The molecule has 1 unspecified atom stereocenters. The molecule has 0 amide bonds. The topological polar surface area (TPSA) is 69.4 Å². The molecule has 154 valence electrons. The summed E-state index contributed by atoms with van der Waals surface area (Å²) in [5.41, 5.74) is 4.22. The lowest BCUT2D eigenvalue weighted by Gasteiger charge is -2.14. The van der Waals surface area contributed by atoms with Crippen LogP contribution in [0.2, 0.25) is 5.02 Å². The number of aromatic nitrogens is 3. The summed E-state index contributed by atoms with van der Waals surface area (Å²) in [4.78, 5) is 8.73. The van der Waals surface area contributed by atoms with Crippen LogP contribution in [0.25, 0.3) is 11.2 Å². The molecule has 0 fully saturated rings. The fourth-order valence-corrected chi connectivity index (χ4v) is 3.37. The number of hydrogen-bond donors (Lipinski definition) is 1. The lowest BCUT2D eigenvalue weighted by atomic mass is 10.1. The second kappa shape index (κ2) is 8.83. The number of methoxy groups -OCH3 is 1. The third kappa shape index (κ3) is 4.31. The first-order valence-corrected chi connectivity index (χ1v) is 9.90. The van der Waals surface area contributed by atoms with E-state index in [9.17, 15) is 5.11 Å². The molecule has 0 aliphatic rings. The fraction of sp³-hybridized carbons (Fsp3) is 0.217. The van der Waals surface area contributed by atoms with E-state index in [0.29, 0.717) is 34.2 Å². The Hall–Kier alpha value is -2.93. The van der Waals surface area contributed by atoms with E-state index in [1.807, 2.05) is 36.4 Å². The predicted octanol–water partition coefficient (Wildman–Crippen LogP) is 4.66. The first kappa shape index (κ1) is 20.3. The minimum atomic E-state index is -0.945. The van der Waals surface area contributed by atoms with E-state index in [4.69, 9.17) is 21.1 Å². The number of imidazole rings is 1. The fourth-order valence-electron chi connectivity index (χ4n) is 3.22. The molecule has 1 atom stereocenters. The van der Waals surface area contributed by atoms with Crippen LogP contribution in [0.3, 0.4) is 0 Å². The minimum Gasteiger partial charge on any atom is -0.489 e.